The maximum atomic E-state index is 12.8. The van der Waals surface area contributed by atoms with Crippen LogP contribution < -0.4 is 15.4 Å². The summed E-state index contributed by atoms with van der Waals surface area (Å²) >= 11 is 0. The summed E-state index contributed by atoms with van der Waals surface area (Å²) in [6.45, 7) is 3.88. The molecule has 0 aliphatic rings. The molecule has 1 aromatic rings. The molecule has 1 rings (SSSR count). The highest BCUT2D eigenvalue weighted by molar-refractivity contribution is 7.89. The third-order valence-corrected chi connectivity index (χ3v) is 4.60. The van der Waals surface area contributed by atoms with Crippen LogP contribution in [0.3, 0.4) is 0 Å². The van der Waals surface area contributed by atoms with Gasteiger partial charge in [-0.05, 0) is 44.5 Å². The Bertz CT molecular complexity index is 662. The van der Waals surface area contributed by atoms with E-state index in [-0.39, 0.29) is 36.1 Å². The second-order valence-corrected chi connectivity index (χ2v) is 6.91. The van der Waals surface area contributed by atoms with Crippen molar-refractivity contribution in [2.45, 2.75) is 37.6 Å². The lowest BCUT2D eigenvalue weighted by atomic mass is 10.2. The minimum absolute atomic E-state index is 0.0433. The molecule has 0 aromatic heterocycles. The number of nitrogens with one attached hydrogen (secondary N) is 3. The number of likely N-dealkylation sites (N-methyl/N-ethyl adjacent to an activating group) is 1. The van der Waals surface area contributed by atoms with Crippen molar-refractivity contribution in [3.05, 3.63) is 30.1 Å². The Morgan fingerprint density at radius 1 is 1.21 bits per heavy atom. The van der Waals surface area contributed by atoms with Crippen molar-refractivity contribution >= 4 is 21.8 Å². The first-order chi connectivity index (χ1) is 11.3. The van der Waals surface area contributed by atoms with Crippen molar-refractivity contribution in [3.63, 3.8) is 0 Å². The van der Waals surface area contributed by atoms with Gasteiger partial charge >= 0.3 is 0 Å². The number of hydrogen-bond acceptors (Lipinski definition) is 4. The Kier molecular flexibility index (Phi) is 7.80. The van der Waals surface area contributed by atoms with Gasteiger partial charge in [0.2, 0.25) is 21.8 Å². The molecule has 0 saturated carbocycles. The minimum atomic E-state index is -3.73. The number of hydrogen-bond donors (Lipinski definition) is 3. The highest BCUT2D eigenvalue weighted by atomic mass is 32.2. The molecule has 0 heterocycles. The maximum absolute atomic E-state index is 12.8. The lowest BCUT2D eigenvalue weighted by Gasteiger charge is -2.13. The minimum Gasteiger partial charge on any atom is -0.355 e. The SMILES string of the molecule is CCNC(=O)[C@@H](C)NC(=O)CCCNS(=O)(=O)c1ccc(F)cc1. The van der Waals surface area contributed by atoms with Crippen molar-refractivity contribution < 1.29 is 22.4 Å². The molecule has 0 saturated heterocycles. The van der Waals surface area contributed by atoms with Crippen LogP contribution in [0.15, 0.2) is 29.2 Å². The normalized spacial score (nSPS) is 12.5. The molecule has 9 heteroatoms. The third-order valence-electron chi connectivity index (χ3n) is 3.12. The Labute approximate surface area is 141 Å². The van der Waals surface area contributed by atoms with Crippen LogP contribution in [0, 0.1) is 5.82 Å². The average Bonchev–Trinajstić information content (AvgIpc) is 2.52. The van der Waals surface area contributed by atoms with Gasteiger partial charge in [-0.15, -0.1) is 0 Å². The van der Waals surface area contributed by atoms with E-state index in [4.69, 9.17) is 0 Å². The molecular formula is C15H22FN3O4S. The van der Waals surface area contributed by atoms with Crippen LogP contribution in [0.25, 0.3) is 0 Å². The summed E-state index contributed by atoms with van der Waals surface area (Å²) in [5.74, 6) is -1.13. The molecule has 3 N–H and O–H groups in total. The molecule has 1 aromatic carbocycles. The van der Waals surface area contributed by atoms with Crippen LogP contribution in [-0.4, -0.2) is 39.4 Å². The smallest absolute Gasteiger partial charge is 0.242 e. The van der Waals surface area contributed by atoms with Crippen molar-refractivity contribution in [1.82, 2.24) is 15.4 Å². The zero-order chi connectivity index (χ0) is 18.2. The fraction of sp³-hybridized carbons (Fsp3) is 0.467. The van der Waals surface area contributed by atoms with Crippen molar-refractivity contribution in [3.8, 4) is 0 Å². The second kappa shape index (κ2) is 9.33. The van der Waals surface area contributed by atoms with Gasteiger partial charge in [0, 0.05) is 19.5 Å². The van der Waals surface area contributed by atoms with Crippen molar-refractivity contribution in [2.24, 2.45) is 0 Å². The predicted molar refractivity (Wildman–Crippen MR) is 87.1 cm³/mol. The zero-order valence-corrected chi connectivity index (χ0v) is 14.5. The number of benzene rings is 1. The lowest BCUT2D eigenvalue weighted by molar-refractivity contribution is -0.128. The zero-order valence-electron chi connectivity index (χ0n) is 13.6. The molecule has 134 valence electrons. The topological polar surface area (TPSA) is 104 Å². The first-order valence-electron chi connectivity index (χ1n) is 7.58. The summed E-state index contributed by atoms with van der Waals surface area (Å²) in [6.07, 6.45) is 0.351. The number of amides is 2. The standard InChI is InChI=1S/C15H22FN3O4S/c1-3-17-15(21)11(2)19-14(20)5-4-10-18-24(22,23)13-8-6-12(16)7-9-13/h6-9,11,18H,3-5,10H2,1-2H3,(H,17,21)(H,19,20)/t11-/m1/s1. The first-order valence-corrected chi connectivity index (χ1v) is 9.07. The van der Waals surface area contributed by atoms with Gasteiger partial charge in [-0.2, -0.15) is 0 Å². The predicted octanol–water partition coefficient (Wildman–Crippen LogP) is 0.525. The van der Waals surface area contributed by atoms with Gasteiger partial charge in [0.25, 0.3) is 0 Å². The summed E-state index contributed by atoms with van der Waals surface area (Å²) in [5.41, 5.74) is 0. The molecule has 2 amide bonds. The fourth-order valence-corrected chi connectivity index (χ4v) is 2.93. The molecule has 0 fully saturated rings. The average molecular weight is 359 g/mol. The molecule has 0 bridgehead atoms. The summed E-state index contributed by atoms with van der Waals surface area (Å²) < 4.78 is 39.0. The maximum Gasteiger partial charge on any atom is 0.242 e. The van der Waals surface area contributed by atoms with Gasteiger partial charge in [-0.25, -0.2) is 17.5 Å². The number of carbonyl (C=O) groups excluding carboxylic acids is 2. The molecule has 0 unspecified atom stereocenters. The summed E-state index contributed by atoms with van der Waals surface area (Å²) in [4.78, 5) is 23.1. The van der Waals surface area contributed by atoms with E-state index in [0.717, 1.165) is 12.1 Å². The van der Waals surface area contributed by atoms with E-state index in [1.807, 2.05) is 0 Å². The third kappa shape index (κ3) is 6.63. The van der Waals surface area contributed by atoms with Gasteiger partial charge in [-0.3, -0.25) is 9.59 Å². The monoisotopic (exact) mass is 359 g/mol. The lowest BCUT2D eigenvalue weighted by Crippen LogP contribution is -2.44. The van der Waals surface area contributed by atoms with Gasteiger partial charge in [-0.1, -0.05) is 0 Å². The molecule has 1 atom stereocenters. The van der Waals surface area contributed by atoms with Gasteiger partial charge in [0.15, 0.2) is 0 Å². The van der Waals surface area contributed by atoms with Crippen LogP contribution in [0.4, 0.5) is 4.39 Å². The molecule has 24 heavy (non-hydrogen) atoms. The number of halogens is 1. The van der Waals surface area contributed by atoms with Crippen LogP contribution >= 0.6 is 0 Å². The van der Waals surface area contributed by atoms with Crippen LogP contribution in [0.5, 0.6) is 0 Å². The second-order valence-electron chi connectivity index (χ2n) is 5.14. The number of carbonyl (C=O) groups is 2. The van der Waals surface area contributed by atoms with Crippen LogP contribution in [0.2, 0.25) is 0 Å². The Hall–Kier alpha value is -2.00. The Morgan fingerprint density at radius 3 is 2.42 bits per heavy atom. The summed E-state index contributed by atoms with van der Waals surface area (Å²) in [5, 5.41) is 5.12. The summed E-state index contributed by atoms with van der Waals surface area (Å²) in [6, 6.07) is 3.81. The molecule has 0 radical (unpaired) electrons. The van der Waals surface area contributed by atoms with Gasteiger partial charge in [0.05, 0.1) is 4.90 Å². The number of rotatable bonds is 9. The molecule has 0 aliphatic carbocycles. The molecule has 7 nitrogen and oxygen atoms in total. The van der Waals surface area contributed by atoms with E-state index in [9.17, 15) is 22.4 Å². The van der Waals surface area contributed by atoms with Gasteiger partial charge in [0.1, 0.15) is 11.9 Å². The van der Waals surface area contributed by atoms with Crippen molar-refractivity contribution in [2.75, 3.05) is 13.1 Å². The van der Waals surface area contributed by atoms with E-state index >= 15 is 0 Å². The highest BCUT2D eigenvalue weighted by Gasteiger charge is 2.16. The van der Waals surface area contributed by atoms with E-state index in [0.29, 0.717) is 6.54 Å². The van der Waals surface area contributed by atoms with E-state index in [2.05, 4.69) is 15.4 Å². The van der Waals surface area contributed by atoms with E-state index < -0.39 is 21.9 Å². The Balaban J connectivity index is 2.36. The fourth-order valence-electron chi connectivity index (χ4n) is 1.86. The van der Waals surface area contributed by atoms with E-state index in [1.54, 1.807) is 13.8 Å². The van der Waals surface area contributed by atoms with Crippen molar-refractivity contribution in [1.29, 1.82) is 0 Å². The van der Waals surface area contributed by atoms with Crippen LogP contribution in [-0.2, 0) is 19.6 Å². The number of sulfonamides is 1. The molecular weight excluding hydrogens is 337 g/mol. The Morgan fingerprint density at radius 2 is 1.83 bits per heavy atom. The molecule has 0 aliphatic heterocycles. The van der Waals surface area contributed by atoms with Crippen LogP contribution in [0.1, 0.15) is 26.7 Å². The molecule has 0 spiro atoms. The first kappa shape index (κ1) is 20.0. The largest absolute Gasteiger partial charge is 0.355 e. The van der Waals surface area contributed by atoms with E-state index in [1.165, 1.54) is 12.1 Å². The quantitative estimate of drug-likeness (QED) is 0.559. The van der Waals surface area contributed by atoms with Gasteiger partial charge < -0.3 is 10.6 Å². The summed E-state index contributed by atoms with van der Waals surface area (Å²) in [7, 11) is -3.73. The highest BCUT2D eigenvalue weighted by Crippen LogP contribution is 2.09.